The molecule has 0 heterocycles. The predicted molar refractivity (Wildman–Crippen MR) is 27.5 cm³/mol. The topological polar surface area (TPSA) is 49.7 Å². The Morgan fingerprint density at radius 3 is 1.60 bits per heavy atom. The maximum atomic E-state index is 8.11. The van der Waals surface area contributed by atoms with Crippen molar-refractivity contribution in [1.29, 1.82) is 0 Å². The van der Waals surface area contributed by atoms with Crippen LogP contribution in [0.25, 0.3) is 0 Å². The standard InChI is InChI=1S/Al.Ga.HNO2.6H/c;;2-1-3;;;;;;/h;;(H,2,3);;;;;;. The molecule has 0 saturated heterocycles. The molecule has 0 radical (unpaired) electrons. The van der Waals surface area contributed by atoms with Gasteiger partial charge in [0.05, 0.1) is 0 Å². The Balaban J connectivity index is -0.0000000200. The van der Waals surface area contributed by atoms with Gasteiger partial charge in [0.1, 0.15) is 0 Å². The van der Waals surface area contributed by atoms with Crippen LogP contribution in [0.3, 0.4) is 0 Å². The van der Waals surface area contributed by atoms with Crippen molar-refractivity contribution in [2.24, 2.45) is 5.34 Å². The van der Waals surface area contributed by atoms with Crippen LogP contribution in [0.5, 0.6) is 0 Å². The van der Waals surface area contributed by atoms with Crippen LogP contribution in [-0.2, 0) is 0 Å². The predicted octanol–water partition coefficient (Wildman–Crippen LogP) is -2.23. The zero-order valence-corrected chi connectivity index (χ0v) is 1.30. The summed E-state index contributed by atoms with van der Waals surface area (Å²) in [5.41, 5.74) is 0. The Morgan fingerprint density at radius 2 is 1.60 bits per heavy atom. The van der Waals surface area contributed by atoms with Gasteiger partial charge < -0.3 is 5.21 Å². The van der Waals surface area contributed by atoms with E-state index in [1.807, 2.05) is 0 Å². The second kappa shape index (κ2) is 23.6. The van der Waals surface area contributed by atoms with Crippen molar-refractivity contribution in [3.8, 4) is 0 Å². The van der Waals surface area contributed by atoms with E-state index in [2.05, 4.69) is 0 Å². The van der Waals surface area contributed by atoms with E-state index in [9.17, 15) is 0 Å². The zero-order chi connectivity index (χ0) is 2.71. The number of hydrogen-bond donors (Lipinski definition) is 1. The maximum absolute atomic E-state index is 8.11. The van der Waals surface area contributed by atoms with Crippen LogP contribution in [0, 0.1) is 4.91 Å². The van der Waals surface area contributed by atoms with Crippen LogP contribution in [0.15, 0.2) is 5.34 Å². The van der Waals surface area contributed by atoms with Crippen LogP contribution >= 0.6 is 0 Å². The number of hydrogen-bond acceptors (Lipinski definition) is 2. The van der Waals surface area contributed by atoms with E-state index in [0.29, 0.717) is 0 Å². The molecule has 0 aromatic carbocycles. The van der Waals surface area contributed by atoms with Crippen molar-refractivity contribution < 1.29 is 5.21 Å². The van der Waals surface area contributed by atoms with Crippen LogP contribution in [0.1, 0.15) is 0 Å². The molecule has 0 saturated carbocycles. The molecule has 5 heavy (non-hydrogen) atoms. The second-order valence-corrected chi connectivity index (χ2v) is 0.0816. The van der Waals surface area contributed by atoms with Crippen LogP contribution in [-0.4, -0.2) is 42.4 Å². The molecule has 30 valence electrons. The van der Waals surface area contributed by atoms with Gasteiger partial charge in [-0.2, -0.15) is 0 Å². The molecule has 0 rings (SSSR count). The van der Waals surface area contributed by atoms with Crippen molar-refractivity contribution >= 4 is 37.2 Å². The molecule has 0 atom stereocenters. The fraction of sp³-hybridized carbons (Fsp3) is 0. The summed E-state index contributed by atoms with van der Waals surface area (Å²) in [6, 6.07) is 0. The molecule has 0 aliphatic carbocycles. The van der Waals surface area contributed by atoms with Gasteiger partial charge in [-0.3, -0.25) is 0 Å². The van der Waals surface area contributed by atoms with Crippen LogP contribution < -0.4 is 0 Å². The fourth-order valence-corrected chi connectivity index (χ4v) is 0. The van der Waals surface area contributed by atoms with Crippen molar-refractivity contribution in [3.05, 3.63) is 4.91 Å². The summed E-state index contributed by atoms with van der Waals surface area (Å²) in [7, 11) is 0. The monoisotopic (exact) mass is 149 g/mol. The molecular formula is H7AlGaNO2. The molecule has 0 fully saturated rings. The van der Waals surface area contributed by atoms with Gasteiger partial charge in [-0.1, -0.05) is 0 Å². The van der Waals surface area contributed by atoms with E-state index in [1.54, 1.807) is 0 Å². The van der Waals surface area contributed by atoms with Crippen LogP contribution in [0.4, 0.5) is 0 Å². The fourth-order valence-electron chi connectivity index (χ4n) is 0. The zero-order valence-electron chi connectivity index (χ0n) is 1.30. The van der Waals surface area contributed by atoms with Gasteiger partial charge in [0, 0.05) is 0 Å². The summed E-state index contributed by atoms with van der Waals surface area (Å²) in [6.07, 6.45) is 0. The summed E-state index contributed by atoms with van der Waals surface area (Å²) >= 11 is 0. The molecular weight excluding hydrogens is 143 g/mol. The van der Waals surface area contributed by atoms with Crippen molar-refractivity contribution in [2.45, 2.75) is 0 Å². The summed E-state index contributed by atoms with van der Waals surface area (Å²) in [5.74, 6) is 0. The normalized spacial score (nSPS) is 2.40. The Morgan fingerprint density at radius 1 is 1.60 bits per heavy atom. The van der Waals surface area contributed by atoms with E-state index < -0.39 is 0 Å². The van der Waals surface area contributed by atoms with E-state index in [0.717, 1.165) is 0 Å². The van der Waals surface area contributed by atoms with E-state index in [1.165, 1.54) is 5.34 Å². The Hall–Kier alpha value is 0.569. The first-order valence-electron chi connectivity index (χ1n) is 0.383. The van der Waals surface area contributed by atoms with Gasteiger partial charge in [-0.25, -0.2) is 0 Å². The number of rotatable bonds is 0. The molecule has 0 amide bonds. The van der Waals surface area contributed by atoms with E-state index in [-0.39, 0.29) is 37.2 Å². The second-order valence-electron chi connectivity index (χ2n) is 0.0816. The van der Waals surface area contributed by atoms with Gasteiger partial charge in [0.2, 0.25) is 0 Å². The Labute approximate surface area is 52.9 Å². The Bertz CT molecular complexity index is 17.1. The molecule has 5 heteroatoms. The van der Waals surface area contributed by atoms with Gasteiger partial charge >= 0.3 is 19.8 Å². The molecule has 0 aliphatic rings. The first kappa shape index (κ1) is 17.6. The Kier molecular flexibility index (Phi) is 83.3. The van der Waals surface area contributed by atoms with Crippen molar-refractivity contribution in [1.82, 2.24) is 0 Å². The first-order valence-corrected chi connectivity index (χ1v) is 0.383. The molecule has 0 unspecified atom stereocenters. The first-order chi connectivity index (χ1) is 1.41. The molecule has 0 aromatic heterocycles. The molecule has 0 aromatic rings. The van der Waals surface area contributed by atoms with Gasteiger partial charge in [-0.15, -0.1) is 4.91 Å². The molecule has 0 aliphatic heterocycles. The quantitative estimate of drug-likeness (QED) is 0.241. The van der Waals surface area contributed by atoms with Crippen molar-refractivity contribution in [3.63, 3.8) is 0 Å². The third-order valence-electron chi connectivity index (χ3n) is 0. The van der Waals surface area contributed by atoms with Crippen molar-refractivity contribution in [2.75, 3.05) is 0 Å². The summed E-state index contributed by atoms with van der Waals surface area (Å²) in [6.45, 7) is 0. The minimum absolute atomic E-state index is 0. The summed E-state index contributed by atoms with van der Waals surface area (Å²) < 4.78 is 0. The third kappa shape index (κ3) is 93.2. The SMILES string of the molecule is O=NO.[AlH3].[GaH3]. The molecule has 3 nitrogen and oxygen atoms in total. The third-order valence-corrected chi connectivity index (χ3v) is 0. The average molecular weight is 150 g/mol. The summed E-state index contributed by atoms with van der Waals surface area (Å²) in [5, 5.41) is 7.89. The molecule has 1 N–H and O–H groups in total. The van der Waals surface area contributed by atoms with Gasteiger partial charge in [0.15, 0.2) is 22.7 Å². The van der Waals surface area contributed by atoms with E-state index in [4.69, 9.17) is 10.1 Å². The average Bonchev–Trinajstić information content (AvgIpc) is 0.918. The van der Waals surface area contributed by atoms with E-state index >= 15 is 0 Å². The summed E-state index contributed by atoms with van der Waals surface area (Å²) in [4.78, 5) is 8.11. The van der Waals surface area contributed by atoms with Gasteiger partial charge in [0.25, 0.3) is 0 Å². The number of nitrogens with zero attached hydrogens (tertiary/aromatic N) is 1. The van der Waals surface area contributed by atoms with Crippen LogP contribution in [0.2, 0.25) is 0 Å². The van der Waals surface area contributed by atoms with Gasteiger partial charge in [-0.05, 0) is 0 Å². The molecule has 0 spiro atoms. The molecule has 0 bridgehead atoms. The minimum atomic E-state index is 0.